The van der Waals surface area contributed by atoms with E-state index in [9.17, 15) is 4.79 Å². The molecule has 0 saturated carbocycles. The maximum atomic E-state index is 12.0. The SMILES string of the molecule is CCc1cccc(OCC(=O)Nc2ccc3ccccc3c2)c1. The maximum Gasteiger partial charge on any atom is 0.262 e. The molecular formula is C20H19NO2. The van der Waals surface area contributed by atoms with Crippen LogP contribution in [0.2, 0.25) is 0 Å². The predicted molar refractivity (Wildman–Crippen MR) is 93.9 cm³/mol. The number of aryl methyl sites for hydroxylation is 1. The average molecular weight is 305 g/mol. The predicted octanol–water partition coefficient (Wildman–Crippen LogP) is 4.42. The van der Waals surface area contributed by atoms with E-state index in [1.807, 2.05) is 66.7 Å². The van der Waals surface area contributed by atoms with E-state index in [2.05, 4.69) is 12.2 Å². The van der Waals surface area contributed by atoms with Crippen molar-refractivity contribution in [3.63, 3.8) is 0 Å². The van der Waals surface area contributed by atoms with Crippen molar-refractivity contribution in [3.05, 3.63) is 72.3 Å². The Morgan fingerprint density at radius 3 is 2.61 bits per heavy atom. The minimum Gasteiger partial charge on any atom is -0.484 e. The molecule has 0 radical (unpaired) electrons. The molecule has 0 fully saturated rings. The highest BCUT2D eigenvalue weighted by molar-refractivity contribution is 5.95. The summed E-state index contributed by atoms with van der Waals surface area (Å²) in [4.78, 5) is 12.0. The molecule has 0 aromatic heterocycles. The quantitative estimate of drug-likeness (QED) is 0.758. The molecule has 0 unspecified atom stereocenters. The van der Waals surface area contributed by atoms with Gasteiger partial charge in [-0.25, -0.2) is 0 Å². The molecule has 3 nitrogen and oxygen atoms in total. The van der Waals surface area contributed by atoms with Crippen LogP contribution < -0.4 is 10.1 Å². The Morgan fingerprint density at radius 1 is 0.957 bits per heavy atom. The van der Waals surface area contributed by atoms with E-state index in [4.69, 9.17) is 4.74 Å². The summed E-state index contributed by atoms with van der Waals surface area (Å²) in [5.74, 6) is 0.556. The third-order valence-electron chi connectivity index (χ3n) is 3.71. The molecule has 3 aromatic carbocycles. The van der Waals surface area contributed by atoms with Gasteiger partial charge in [-0.1, -0.05) is 49.4 Å². The highest BCUT2D eigenvalue weighted by atomic mass is 16.5. The highest BCUT2D eigenvalue weighted by Crippen LogP contribution is 2.19. The van der Waals surface area contributed by atoms with Crippen molar-refractivity contribution in [2.75, 3.05) is 11.9 Å². The Hall–Kier alpha value is -2.81. The largest absolute Gasteiger partial charge is 0.484 e. The lowest BCUT2D eigenvalue weighted by Crippen LogP contribution is -2.20. The van der Waals surface area contributed by atoms with Gasteiger partial charge in [0, 0.05) is 5.69 Å². The smallest absolute Gasteiger partial charge is 0.262 e. The molecular weight excluding hydrogens is 286 g/mol. The van der Waals surface area contributed by atoms with Crippen molar-refractivity contribution in [1.82, 2.24) is 0 Å². The van der Waals surface area contributed by atoms with Gasteiger partial charge in [0.1, 0.15) is 5.75 Å². The Morgan fingerprint density at radius 2 is 1.78 bits per heavy atom. The second kappa shape index (κ2) is 6.97. The van der Waals surface area contributed by atoms with Gasteiger partial charge in [0.05, 0.1) is 0 Å². The summed E-state index contributed by atoms with van der Waals surface area (Å²) in [5.41, 5.74) is 1.97. The van der Waals surface area contributed by atoms with E-state index >= 15 is 0 Å². The summed E-state index contributed by atoms with van der Waals surface area (Å²) in [6.45, 7) is 2.09. The van der Waals surface area contributed by atoms with Crippen LogP contribution in [0.25, 0.3) is 10.8 Å². The third-order valence-corrected chi connectivity index (χ3v) is 3.71. The molecule has 1 N–H and O–H groups in total. The van der Waals surface area contributed by atoms with E-state index in [-0.39, 0.29) is 12.5 Å². The third kappa shape index (κ3) is 3.89. The van der Waals surface area contributed by atoms with Gasteiger partial charge in [0.15, 0.2) is 6.61 Å². The van der Waals surface area contributed by atoms with Gasteiger partial charge in [-0.3, -0.25) is 4.79 Å². The summed E-state index contributed by atoms with van der Waals surface area (Å²) in [5, 5.41) is 5.12. The van der Waals surface area contributed by atoms with Crippen molar-refractivity contribution >= 4 is 22.4 Å². The van der Waals surface area contributed by atoms with Gasteiger partial charge in [-0.2, -0.15) is 0 Å². The topological polar surface area (TPSA) is 38.3 Å². The number of anilines is 1. The van der Waals surface area contributed by atoms with Crippen molar-refractivity contribution in [1.29, 1.82) is 0 Å². The lowest BCUT2D eigenvalue weighted by atomic mass is 10.1. The first-order valence-electron chi connectivity index (χ1n) is 7.75. The van der Waals surface area contributed by atoms with Crippen LogP contribution >= 0.6 is 0 Å². The standard InChI is InChI=1S/C20H19NO2/c1-2-15-6-5-9-19(12-15)23-14-20(22)21-18-11-10-16-7-3-4-8-17(16)13-18/h3-13H,2,14H2,1H3,(H,21,22). The monoisotopic (exact) mass is 305 g/mol. The summed E-state index contributed by atoms with van der Waals surface area (Å²) < 4.78 is 5.56. The van der Waals surface area contributed by atoms with Crippen molar-refractivity contribution in [2.45, 2.75) is 13.3 Å². The summed E-state index contributed by atoms with van der Waals surface area (Å²) >= 11 is 0. The molecule has 3 rings (SSSR count). The lowest BCUT2D eigenvalue weighted by molar-refractivity contribution is -0.118. The molecule has 0 aliphatic rings. The van der Waals surface area contributed by atoms with Crippen LogP contribution in [-0.2, 0) is 11.2 Å². The van der Waals surface area contributed by atoms with Crippen LogP contribution in [0.5, 0.6) is 5.75 Å². The number of carbonyl (C=O) groups excluding carboxylic acids is 1. The van der Waals surface area contributed by atoms with Gasteiger partial charge in [0.2, 0.25) is 0 Å². The summed E-state index contributed by atoms with van der Waals surface area (Å²) in [6.07, 6.45) is 0.945. The summed E-state index contributed by atoms with van der Waals surface area (Å²) in [6, 6.07) is 21.7. The average Bonchev–Trinajstić information content (AvgIpc) is 2.60. The van der Waals surface area contributed by atoms with Crippen molar-refractivity contribution in [3.8, 4) is 5.75 Å². The minimum absolute atomic E-state index is 0.00000551. The van der Waals surface area contributed by atoms with Crippen LogP contribution in [0, 0.1) is 0 Å². The number of amides is 1. The van der Waals surface area contributed by atoms with Crippen molar-refractivity contribution in [2.24, 2.45) is 0 Å². The fourth-order valence-corrected chi connectivity index (χ4v) is 2.47. The van der Waals surface area contributed by atoms with Gasteiger partial charge in [-0.05, 0) is 47.0 Å². The Bertz CT molecular complexity index is 826. The van der Waals surface area contributed by atoms with Crippen LogP contribution in [-0.4, -0.2) is 12.5 Å². The molecule has 3 heteroatoms. The molecule has 0 aliphatic heterocycles. The first-order valence-corrected chi connectivity index (χ1v) is 7.75. The summed E-state index contributed by atoms with van der Waals surface area (Å²) in [7, 11) is 0. The van der Waals surface area contributed by atoms with E-state index in [0.717, 1.165) is 28.6 Å². The number of benzene rings is 3. The minimum atomic E-state index is -0.165. The fourth-order valence-electron chi connectivity index (χ4n) is 2.47. The van der Waals surface area contributed by atoms with Gasteiger partial charge in [-0.15, -0.1) is 0 Å². The highest BCUT2D eigenvalue weighted by Gasteiger charge is 2.05. The van der Waals surface area contributed by atoms with Crippen LogP contribution in [0.1, 0.15) is 12.5 Å². The number of carbonyl (C=O) groups is 1. The zero-order chi connectivity index (χ0) is 16.1. The van der Waals surface area contributed by atoms with Crippen molar-refractivity contribution < 1.29 is 9.53 Å². The second-order valence-electron chi connectivity index (χ2n) is 5.40. The Labute approximate surface area is 135 Å². The first-order chi connectivity index (χ1) is 11.2. The zero-order valence-corrected chi connectivity index (χ0v) is 13.1. The van der Waals surface area contributed by atoms with Gasteiger partial charge < -0.3 is 10.1 Å². The fraction of sp³-hybridized carbons (Fsp3) is 0.150. The molecule has 3 aromatic rings. The van der Waals surface area contributed by atoms with Gasteiger partial charge in [0.25, 0.3) is 5.91 Å². The maximum absolute atomic E-state index is 12.0. The van der Waals surface area contributed by atoms with Crippen LogP contribution in [0.4, 0.5) is 5.69 Å². The van der Waals surface area contributed by atoms with Crippen LogP contribution in [0.15, 0.2) is 66.7 Å². The Balaban J connectivity index is 1.61. The molecule has 0 aliphatic carbocycles. The number of fused-ring (bicyclic) bond motifs is 1. The van der Waals surface area contributed by atoms with Crippen LogP contribution in [0.3, 0.4) is 0 Å². The molecule has 116 valence electrons. The number of hydrogen-bond donors (Lipinski definition) is 1. The van der Waals surface area contributed by atoms with E-state index in [1.54, 1.807) is 0 Å². The molecule has 0 atom stereocenters. The number of nitrogens with one attached hydrogen (secondary N) is 1. The van der Waals surface area contributed by atoms with E-state index in [0.29, 0.717) is 0 Å². The molecule has 0 heterocycles. The number of ether oxygens (including phenoxy) is 1. The lowest BCUT2D eigenvalue weighted by Gasteiger charge is -2.09. The second-order valence-corrected chi connectivity index (χ2v) is 5.40. The molecule has 0 bridgehead atoms. The molecule has 1 amide bonds. The normalized spacial score (nSPS) is 10.5. The molecule has 23 heavy (non-hydrogen) atoms. The molecule has 0 spiro atoms. The number of hydrogen-bond acceptors (Lipinski definition) is 2. The zero-order valence-electron chi connectivity index (χ0n) is 13.1. The Kier molecular flexibility index (Phi) is 4.57. The van der Waals surface area contributed by atoms with E-state index < -0.39 is 0 Å². The number of rotatable bonds is 5. The van der Waals surface area contributed by atoms with E-state index in [1.165, 1.54) is 5.56 Å². The molecule has 0 saturated heterocycles. The first kappa shape index (κ1) is 15.1. The van der Waals surface area contributed by atoms with Gasteiger partial charge >= 0.3 is 0 Å².